The summed E-state index contributed by atoms with van der Waals surface area (Å²) in [4.78, 5) is 12.1. The van der Waals surface area contributed by atoms with Crippen LogP contribution in [0.25, 0.3) is 0 Å². The van der Waals surface area contributed by atoms with Crippen LogP contribution in [-0.2, 0) is 4.74 Å². The lowest BCUT2D eigenvalue weighted by molar-refractivity contribution is 0.0880. The number of hydrogen-bond acceptors (Lipinski definition) is 4. The fourth-order valence-corrected chi connectivity index (χ4v) is 2.48. The molecule has 18 heavy (non-hydrogen) atoms. The van der Waals surface area contributed by atoms with Crippen molar-refractivity contribution in [2.45, 2.75) is 26.4 Å². The zero-order valence-corrected chi connectivity index (χ0v) is 12.7. The van der Waals surface area contributed by atoms with Crippen LogP contribution in [0.3, 0.4) is 0 Å². The molecule has 1 aromatic heterocycles. The van der Waals surface area contributed by atoms with Gasteiger partial charge in [-0.25, -0.2) is 0 Å². The number of hydrogen-bond donors (Lipinski definition) is 0. The van der Waals surface area contributed by atoms with Gasteiger partial charge in [-0.05, 0) is 23.5 Å². The lowest BCUT2D eigenvalue weighted by atomic mass is 10.1. The van der Waals surface area contributed by atoms with Crippen LogP contribution >= 0.6 is 22.6 Å². The quantitative estimate of drug-likeness (QED) is 0.759. The maximum absolute atomic E-state index is 12.1. The minimum Gasteiger partial charge on any atom is -0.468 e. The van der Waals surface area contributed by atoms with E-state index in [0.717, 1.165) is 6.42 Å². The van der Waals surface area contributed by atoms with Crippen molar-refractivity contribution >= 4 is 22.6 Å². The Bertz CT molecular complexity index is 545. The molecular weight excluding hydrogens is 347 g/mol. The fraction of sp³-hybridized carbons (Fsp3) is 0.462. The smallest absolute Gasteiger partial charge is 0.291 e. The third kappa shape index (κ3) is 2.33. The molecule has 0 saturated carbocycles. The second kappa shape index (κ2) is 5.44. The van der Waals surface area contributed by atoms with Gasteiger partial charge >= 0.3 is 0 Å². The Morgan fingerprint density at radius 3 is 2.67 bits per heavy atom. The Balaban J connectivity index is 2.46. The molecule has 2 heterocycles. The molecule has 0 radical (unpaired) electrons. The molecular formula is C13H15IO4. The Labute approximate surface area is 119 Å². The Hall–Kier alpha value is -0.820. The van der Waals surface area contributed by atoms with Crippen LogP contribution in [0.2, 0.25) is 0 Å². The predicted octanol–water partition coefficient (Wildman–Crippen LogP) is 3.05. The van der Waals surface area contributed by atoms with E-state index in [9.17, 15) is 4.79 Å². The van der Waals surface area contributed by atoms with E-state index in [-0.39, 0.29) is 17.5 Å². The van der Waals surface area contributed by atoms with Gasteiger partial charge in [0.15, 0.2) is 5.43 Å². The summed E-state index contributed by atoms with van der Waals surface area (Å²) in [5.74, 6) is 0.854. The molecule has 1 atom stereocenters. The van der Waals surface area contributed by atoms with E-state index in [2.05, 4.69) is 22.6 Å². The third-order valence-electron chi connectivity index (χ3n) is 3.11. The second-order valence-electron chi connectivity index (χ2n) is 4.31. The van der Waals surface area contributed by atoms with Crippen LogP contribution in [0.4, 0.5) is 0 Å². The van der Waals surface area contributed by atoms with Crippen molar-refractivity contribution in [3.05, 3.63) is 36.8 Å². The van der Waals surface area contributed by atoms with Gasteiger partial charge in [-0.2, -0.15) is 0 Å². The third-order valence-corrected chi connectivity index (χ3v) is 3.99. The summed E-state index contributed by atoms with van der Waals surface area (Å²) in [5.41, 5.74) is 2.28. The SMILES string of the molecule is COc1oc([C@H]2C/C(=C/I)CO2)c(C)c(=O)c1C. The first-order valence-corrected chi connectivity index (χ1v) is 6.91. The Morgan fingerprint density at radius 1 is 1.39 bits per heavy atom. The highest BCUT2D eigenvalue weighted by atomic mass is 127. The molecule has 0 aromatic carbocycles. The van der Waals surface area contributed by atoms with Crippen molar-refractivity contribution in [1.29, 1.82) is 0 Å². The molecule has 1 aliphatic rings. The summed E-state index contributed by atoms with van der Waals surface area (Å²) in [6, 6.07) is 0. The zero-order valence-electron chi connectivity index (χ0n) is 10.6. The number of rotatable bonds is 2. The molecule has 0 N–H and O–H groups in total. The van der Waals surface area contributed by atoms with E-state index < -0.39 is 0 Å². The number of ether oxygens (including phenoxy) is 2. The lowest BCUT2D eigenvalue weighted by Crippen LogP contribution is -2.15. The Morgan fingerprint density at radius 2 is 2.11 bits per heavy atom. The molecule has 98 valence electrons. The van der Waals surface area contributed by atoms with Gasteiger partial charge < -0.3 is 13.9 Å². The van der Waals surface area contributed by atoms with E-state index in [4.69, 9.17) is 13.9 Å². The Kier molecular flexibility index (Phi) is 4.11. The normalized spacial score (nSPS) is 21.6. The molecule has 0 aliphatic carbocycles. The molecule has 1 aromatic rings. The second-order valence-corrected chi connectivity index (χ2v) is 4.93. The average Bonchev–Trinajstić information content (AvgIpc) is 2.85. The molecule has 2 rings (SSSR count). The highest BCUT2D eigenvalue weighted by Crippen LogP contribution is 2.35. The highest BCUT2D eigenvalue weighted by Gasteiger charge is 2.27. The van der Waals surface area contributed by atoms with Crippen LogP contribution in [0.15, 0.2) is 18.9 Å². The topological polar surface area (TPSA) is 48.7 Å². The van der Waals surface area contributed by atoms with E-state index in [1.54, 1.807) is 13.8 Å². The van der Waals surface area contributed by atoms with Crippen molar-refractivity contribution in [2.24, 2.45) is 0 Å². The number of methoxy groups -OCH3 is 1. The van der Waals surface area contributed by atoms with E-state index in [0.29, 0.717) is 23.5 Å². The first kappa shape index (κ1) is 13.6. The maximum atomic E-state index is 12.1. The van der Waals surface area contributed by atoms with Crippen molar-refractivity contribution < 1.29 is 13.9 Å². The molecule has 1 saturated heterocycles. The molecule has 0 unspecified atom stereocenters. The van der Waals surface area contributed by atoms with Crippen LogP contribution in [0.5, 0.6) is 5.95 Å². The minimum absolute atomic E-state index is 0.0383. The number of halogens is 1. The van der Waals surface area contributed by atoms with Gasteiger partial charge in [-0.3, -0.25) is 4.79 Å². The molecule has 0 amide bonds. The molecule has 1 aliphatic heterocycles. The van der Waals surface area contributed by atoms with Crippen molar-refractivity contribution in [1.82, 2.24) is 0 Å². The zero-order chi connectivity index (χ0) is 13.3. The fourth-order valence-electron chi connectivity index (χ4n) is 2.05. The van der Waals surface area contributed by atoms with Crippen molar-refractivity contribution in [3.63, 3.8) is 0 Å². The van der Waals surface area contributed by atoms with E-state index >= 15 is 0 Å². The van der Waals surface area contributed by atoms with Gasteiger partial charge in [0, 0.05) is 12.0 Å². The van der Waals surface area contributed by atoms with Gasteiger partial charge in [0.05, 0.1) is 19.3 Å². The van der Waals surface area contributed by atoms with Crippen molar-refractivity contribution in [2.75, 3.05) is 13.7 Å². The van der Waals surface area contributed by atoms with Gasteiger partial charge in [-0.15, -0.1) is 0 Å². The van der Waals surface area contributed by atoms with Crippen molar-refractivity contribution in [3.8, 4) is 5.95 Å². The summed E-state index contributed by atoms with van der Waals surface area (Å²) in [6.07, 6.45) is 0.576. The standard InChI is InChI=1S/C13H15IO4/c1-7-11(15)8(2)13(16-3)18-12(7)10-4-9(5-14)6-17-10/h5,10H,4,6H2,1-3H3/b9-5-/t10-/m1/s1. The van der Waals surface area contributed by atoms with Gasteiger partial charge in [0.1, 0.15) is 11.9 Å². The summed E-state index contributed by atoms with van der Waals surface area (Å²) in [5, 5.41) is 0. The molecule has 5 heteroatoms. The first-order chi connectivity index (χ1) is 8.58. The van der Waals surface area contributed by atoms with E-state index in [1.807, 2.05) is 4.08 Å². The first-order valence-electron chi connectivity index (χ1n) is 5.66. The maximum Gasteiger partial charge on any atom is 0.291 e. The predicted molar refractivity (Wildman–Crippen MR) is 76.4 cm³/mol. The average molecular weight is 362 g/mol. The molecule has 1 fully saturated rings. The molecule has 4 nitrogen and oxygen atoms in total. The summed E-state index contributed by atoms with van der Waals surface area (Å²) < 4.78 is 18.4. The van der Waals surface area contributed by atoms with Gasteiger partial charge in [0.25, 0.3) is 5.95 Å². The monoisotopic (exact) mass is 362 g/mol. The minimum atomic E-state index is -0.187. The van der Waals surface area contributed by atoms with Crippen LogP contribution < -0.4 is 10.2 Å². The molecule has 0 spiro atoms. The van der Waals surface area contributed by atoms with Gasteiger partial charge in [-0.1, -0.05) is 22.6 Å². The summed E-state index contributed by atoms with van der Waals surface area (Å²) in [7, 11) is 1.50. The summed E-state index contributed by atoms with van der Waals surface area (Å²) in [6.45, 7) is 4.06. The van der Waals surface area contributed by atoms with Crippen LogP contribution in [0, 0.1) is 13.8 Å². The highest BCUT2D eigenvalue weighted by molar-refractivity contribution is 14.1. The van der Waals surface area contributed by atoms with Crippen LogP contribution in [0.1, 0.15) is 29.4 Å². The van der Waals surface area contributed by atoms with Crippen LogP contribution in [-0.4, -0.2) is 13.7 Å². The van der Waals surface area contributed by atoms with E-state index in [1.165, 1.54) is 12.7 Å². The van der Waals surface area contributed by atoms with Gasteiger partial charge in [0.2, 0.25) is 0 Å². The summed E-state index contributed by atoms with van der Waals surface area (Å²) >= 11 is 2.19. The lowest BCUT2D eigenvalue weighted by Gasteiger charge is -2.13. The largest absolute Gasteiger partial charge is 0.468 e. The molecule has 0 bridgehead atoms.